The van der Waals surface area contributed by atoms with E-state index in [1.807, 2.05) is 0 Å². The molecule has 0 aliphatic rings. The molecule has 0 saturated heterocycles. The first-order chi connectivity index (χ1) is 10.9. The Morgan fingerprint density at radius 1 is 1.08 bits per heavy atom. The summed E-state index contributed by atoms with van der Waals surface area (Å²) < 4.78 is 144. The summed E-state index contributed by atoms with van der Waals surface area (Å²) in [5, 5.41) is -6.95. The fourth-order valence-electron chi connectivity index (χ4n) is 1.19. The maximum Gasteiger partial charge on any atom is 0.438 e. The highest BCUT2D eigenvalue weighted by molar-refractivity contribution is 7.87. The Labute approximate surface area is 137 Å². The fraction of sp³-hybridized carbons (Fsp3) is 0.818. The van der Waals surface area contributed by atoms with Gasteiger partial charge in [0.2, 0.25) is 0 Å². The lowest BCUT2D eigenvalue weighted by Crippen LogP contribution is -2.66. The van der Waals surface area contributed by atoms with Gasteiger partial charge in [0.15, 0.2) is 6.17 Å². The molecule has 4 nitrogen and oxygen atoms in total. The molecule has 0 bridgehead atoms. The highest BCUT2D eigenvalue weighted by Gasteiger charge is 2.85. The molecule has 0 spiro atoms. The lowest BCUT2D eigenvalue weighted by atomic mass is 9.98. The molecule has 0 radical (unpaired) electrons. The molecule has 0 rings (SSSR count). The SMILES string of the molecule is C=CCN.CCCC(F)C(F)(F)C(F)(F)C(F)(F)C(F)(F)S(=O)(=O)O. The summed E-state index contributed by atoms with van der Waals surface area (Å²) in [7, 11) is -7.16. The highest BCUT2D eigenvalue weighted by atomic mass is 32.2. The molecule has 0 aliphatic heterocycles. The Morgan fingerprint density at radius 3 is 1.68 bits per heavy atom. The lowest BCUT2D eigenvalue weighted by Gasteiger charge is -2.36. The van der Waals surface area contributed by atoms with Crippen LogP contribution in [0.25, 0.3) is 0 Å². The molecule has 0 heterocycles. The van der Waals surface area contributed by atoms with Crippen molar-refractivity contribution in [3.05, 3.63) is 12.7 Å². The molecule has 3 N–H and O–H groups in total. The van der Waals surface area contributed by atoms with Crippen LogP contribution in [0, 0.1) is 0 Å². The van der Waals surface area contributed by atoms with Crippen LogP contribution in [-0.4, -0.2) is 48.7 Å². The fourth-order valence-corrected chi connectivity index (χ4v) is 1.64. The molecule has 0 aromatic heterocycles. The van der Waals surface area contributed by atoms with Gasteiger partial charge in [-0.15, -0.1) is 6.58 Å². The second-order valence-corrected chi connectivity index (χ2v) is 6.01. The standard InChI is InChI=1S/C8H9F9O3S.C3H7N/c1-2-3-4(9)5(10,11)6(12,13)7(14,15)8(16,17)21(18,19)20;1-2-3-4/h4H,2-3H2,1H3,(H,18,19,20);2H,1,3-4H2. The van der Waals surface area contributed by atoms with Gasteiger partial charge in [0, 0.05) is 6.54 Å². The van der Waals surface area contributed by atoms with Crippen molar-refractivity contribution in [3.63, 3.8) is 0 Å². The van der Waals surface area contributed by atoms with E-state index in [2.05, 4.69) is 6.58 Å². The molecular formula is C11H16F9NO3S. The summed E-state index contributed by atoms with van der Waals surface area (Å²) in [6.45, 7) is 4.96. The number of hydrogen-bond acceptors (Lipinski definition) is 3. The Bertz CT molecular complexity index is 537. The van der Waals surface area contributed by atoms with Gasteiger partial charge in [-0.1, -0.05) is 19.4 Å². The summed E-state index contributed by atoms with van der Waals surface area (Å²) in [5.41, 5.74) is 4.91. The van der Waals surface area contributed by atoms with Gasteiger partial charge in [-0.3, -0.25) is 4.55 Å². The third kappa shape index (κ3) is 5.00. The molecule has 0 fully saturated rings. The zero-order chi connectivity index (χ0) is 20.9. The molecule has 14 heteroatoms. The van der Waals surface area contributed by atoms with E-state index in [9.17, 15) is 47.9 Å². The van der Waals surface area contributed by atoms with E-state index in [0.29, 0.717) is 6.54 Å². The second-order valence-electron chi connectivity index (χ2n) is 4.54. The summed E-state index contributed by atoms with van der Waals surface area (Å²) >= 11 is 0. The van der Waals surface area contributed by atoms with Crippen LogP contribution in [0.5, 0.6) is 0 Å². The maximum atomic E-state index is 13.0. The van der Waals surface area contributed by atoms with Gasteiger partial charge in [0.25, 0.3) is 0 Å². The first-order valence-electron chi connectivity index (χ1n) is 6.33. The van der Waals surface area contributed by atoms with E-state index in [1.165, 1.54) is 0 Å². The number of alkyl halides is 9. The van der Waals surface area contributed by atoms with E-state index >= 15 is 0 Å². The predicted molar refractivity (Wildman–Crippen MR) is 70.4 cm³/mol. The van der Waals surface area contributed by atoms with Crippen molar-refractivity contribution >= 4 is 10.1 Å². The number of hydrogen-bond donors (Lipinski definition) is 2. The average Bonchev–Trinajstić information content (AvgIpc) is 2.45. The van der Waals surface area contributed by atoms with Gasteiger partial charge >= 0.3 is 33.1 Å². The molecule has 0 aromatic rings. The van der Waals surface area contributed by atoms with Crippen LogP contribution in [0.1, 0.15) is 19.8 Å². The zero-order valence-electron chi connectivity index (χ0n) is 12.6. The maximum absolute atomic E-state index is 13.0. The van der Waals surface area contributed by atoms with E-state index < -0.39 is 52.2 Å². The van der Waals surface area contributed by atoms with Crippen LogP contribution in [0.4, 0.5) is 39.5 Å². The van der Waals surface area contributed by atoms with Gasteiger partial charge < -0.3 is 5.73 Å². The molecule has 25 heavy (non-hydrogen) atoms. The molecule has 0 aliphatic carbocycles. The highest BCUT2D eigenvalue weighted by Crippen LogP contribution is 2.55. The van der Waals surface area contributed by atoms with Crippen LogP contribution >= 0.6 is 0 Å². The lowest BCUT2D eigenvalue weighted by molar-refractivity contribution is -0.359. The summed E-state index contributed by atoms with van der Waals surface area (Å²) in [6, 6.07) is 0. The van der Waals surface area contributed by atoms with Gasteiger partial charge in [0.1, 0.15) is 0 Å². The Hall–Kier alpha value is -1.02. The number of rotatable bonds is 8. The molecule has 1 unspecified atom stereocenters. The molecule has 0 amide bonds. The summed E-state index contributed by atoms with van der Waals surface area (Å²) in [4.78, 5) is 0. The van der Waals surface area contributed by atoms with E-state index in [0.717, 1.165) is 6.92 Å². The van der Waals surface area contributed by atoms with Gasteiger partial charge in [-0.05, 0) is 6.42 Å². The van der Waals surface area contributed by atoms with E-state index in [4.69, 9.17) is 10.3 Å². The average molecular weight is 413 g/mol. The smallest absolute Gasteiger partial charge is 0.327 e. The number of halogens is 9. The van der Waals surface area contributed by atoms with E-state index in [1.54, 1.807) is 6.08 Å². The zero-order valence-corrected chi connectivity index (χ0v) is 13.5. The van der Waals surface area contributed by atoms with E-state index in [-0.39, 0.29) is 0 Å². The largest absolute Gasteiger partial charge is 0.438 e. The van der Waals surface area contributed by atoms with Gasteiger partial charge in [0.05, 0.1) is 0 Å². The minimum atomic E-state index is -7.25. The van der Waals surface area contributed by atoms with Crippen molar-refractivity contribution < 1.29 is 52.5 Å². The van der Waals surface area contributed by atoms with Crippen LogP contribution in [0.15, 0.2) is 12.7 Å². The molecule has 0 aromatic carbocycles. The van der Waals surface area contributed by atoms with Crippen molar-refractivity contribution in [1.29, 1.82) is 0 Å². The Balaban J connectivity index is 0. The minimum Gasteiger partial charge on any atom is -0.327 e. The van der Waals surface area contributed by atoms with Crippen LogP contribution < -0.4 is 5.73 Å². The Morgan fingerprint density at radius 2 is 1.44 bits per heavy atom. The van der Waals surface area contributed by atoms with Crippen molar-refractivity contribution in [3.8, 4) is 0 Å². The first-order valence-corrected chi connectivity index (χ1v) is 7.77. The third-order valence-electron chi connectivity index (χ3n) is 2.60. The van der Waals surface area contributed by atoms with Crippen molar-refractivity contribution in [1.82, 2.24) is 0 Å². The topological polar surface area (TPSA) is 80.4 Å². The molecule has 1 atom stereocenters. The van der Waals surface area contributed by atoms with Gasteiger partial charge in [-0.25, -0.2) is 4.39 Å². The first kappa shape index (κ1) is 26.2. The van der Waals surface area contributed by atoms with Crippen molar-refractivity contribution in [2.75, 3.05) is 6.54 Å². The minimum absolute atomic E-state index is 0.507. The normalized spacial score (nSPS) is 15.2. The summed E-state index contributed by atoms with van der Waals surface area (Å²) in [5.74, 6) is -20.6. The van der Waals surface area contributed by atoms with Crippen molar-refractivity contribution in [2.45, 2.75) is 49.0 Å². The monoisotopic (exact) mass is 413 g/mol. The van der Waals surface area contributed by atoms with Crippen molar-refractivity contribution in [2.24, 2.45) is 5.73 Å². The quantitative estimate of drug-likeness (QED) is 0.362. The molecular weight excluding hydrogens is 397 g/mol. The third-order valence-corrected chi connectivity index (χ3v) is 3.51. The predicted octanol–water partition coefficient (Wildman–Crippen LogP) is 3.64. The second kappa shape index (κ2) is 8.58. The molecule has 152 valence electrons. The van der Waals surface area contributed by atoms with Crippen LogP contribution in [0.2, 0.25) is 0 Å². The number of nitrogens with two attached hydrogens (primary N) is 1. The molecule has 0 saturated carbocycles. The van der Waals surface area contributed by atoms with Crippen LogP contribution in [0.3, 0.4) is 0 Å². The van der Waals surface area contributed by atoms with Crippen LogP contribution in [-0.2, 0) is 10.1 Å². The Kier molecular flexibility index (Phi) is 8.99. The summed E-state index contributed by atoms with van der Waals surface area (Å²) in [6.07, 6.45) is -4.15. The van der Waals surface area contributed by atoms with Gasteiger partial charge in [-0.2, -0.15) is 43.5 Å².